The first-order chi connectivity index (χ1) is 8.43. The van der Waals surface area contributed by atoms with E-state index in [1.807, 2.05) is 31.2 Å². The van der Waals surface area contributed by atoms with Gasteiger partial charge in [-0.1, -0.05) is 31.2 Å². The van der Waals surface area contributed by atoms with E-state index in [1.165, 1.54) is 0 Å². The first-order valence-electron chi connectivity index (χ1n) is 6.20. The molecular formula is C14H22N2O2. The molecular weight excluding hydrogens is 228 g/mol. The SMILES string of the molecule is Cc1ccccc1C(O)CNC(=O)C(C)C(C)N. The lowest BCUT2D eigenvalue weighted by Gasteiger charge is -2.18. The molecule has 3 atom stereocenters. The zero-order valence-electron chi connectivity index (χ0n) is 11.2. The molecule has 0 heterocycles. The molecule has 4 heteroatoms. The highest BCUT2D eigenvalue weighted by molar-refractivity contribution is 5.78. The predicted octanol–water partition coefficient (Wildman–Crippen LogP) is 1.13. The van der Waals surface area contributed by atoms with Gasteiger partial charge in [0.05, 0.1) is 6.10 Å². The van der Waals surface area contributed by atoms with Crippen molar-refractivity contribution in [1.29, 1.82) is 0 Å². The fourth-order valence-corrected chi connectivity index (χ4v) is 1.67. The molecule has 0 bridgehead atoms. The lowest BCUT2D eigenvalue weighted by atomic mass is 10.0. The van der Waals surface area contributed by atoms with Gasteiger partial charge in [0, 0.05) is 18.5 Å². The fraction of sp³-hybridized carbons (Fsp3) is 0.500. The second-order valence-electron chi connectivity index (χ2n) is 4.77. The van der Waals surface area contributed by atoms with Crippen LogP contribution in [0.3, 0.4) is 0 Å². The van der Waals surface area contributed by atoms with Gasteiger partial charge in [0.2, 0.25) is 5.91 Å². The molecule has 0 saturated carbocycles. The smallest absolute Gasteiger partial charge is 0.224 e. The van der Waals surface area contributed by atoms with Gasteiger partial charge in [0.1, 0.15) is 0 Å². The van der Waals surface area contributed by atoms with Crippen molar-refractivity contribution in [2.75, 3.05) is 6.54 Å². The Labute approximate surface area is 108 Å². The van der Waals surface area contributed by atoms with E-state index in [2.05, 4.69) is 5.32 Å². The highest BCUT2D eigenvalue weighted by atomic mass is 16.3. The Morgan fingerprint density at radius 1 is 1.39 bits per heavy atom. The van der Waals surface area contributed by atoms with E-state index in [-0.39, 0.29) is 24.4 Å². The third kappa shape index (κ3) is 3.82. The van der Waals surface area contributed by atoms with E-state index in [1.54, 1.807) is 13.8 Å². The van der Waals surface area contributed by atoms with Crippen LogP contribution in [0.4, 0.5) is 0 Å². The molecule has 0 saturated heterocycles. The fourth-order valence-electron chi connectivity index (χ4n) is 1.67. The number of nitrogens with one attached hydrogen (secondary N) is 1. The lowest BCUT2D eigenvalue weighted by molar-refractivity contribution is -0.125. The monoisotopic (exact) mass is 250 g/mol. The Kier molecular flexibility index (Phi) is 5.31. The average Bonchev–Trinajstić information content (AvgIpc) is 2.35. The van der Waals surface area contributed by atoms with Gasteiger partial charge in [-0.15, -0.1) is 0 Å². The predicted molar refractivity (Wildman–Crippen MR) is 72.0 cm³/mol. The average molecular weight is 250 g/mol. The van der Waals surface area contributed by atoms with Crippen molar-refractivity contribution in [2.45, 2.75) is 32.9 Å². The van der Waals surface area contributed by atoms with Crippen molar-refractivity contribution >= 4 is 5.91 Å². The molecule has 4 nitrogen and oxygen atoms in total. The van der Waals surface area contributed by atoms with Crippen molar-refractivity contribution in [3.63, 3.8) is 0 Å². The van der Waals surface area contributed by atoms with Gasteiger partial charge in [-0.25, -0.2) is 0 Å². The van der Waals surface area contributed by atoms with Crippen molar-refractivity contribution in [3.8, 4) is 0 Å². The van der Waals surface area contributed by atoms with Crippen LogP contribution in [0.1, 0.15) is 31.1 Å². The molecule has 0 aliphatic heterocycles. The molecule has 3 unspecified atom stereocenters. The molecule has 0 fully saturated rings. The third-order valence-electron chi connectivity index (χ3n) is 3.22. The van der Waals surface area contributed by atoms with Crippen LogP contribution >= 0.6 is 0 Å². The van der Waals surface area contributed by atoms with Crippen LogP contribution in [0.15, 0.2) is 24.3 Å². The molecule has 1 rings (SSSR count). The van der Waals surface area contributed by atoms with E-state index in [0.717, 1.165) is 11.1 Å². The minimum absolute atomic E-state index is 0.127. The summed E-state index contributed by atoms with van der Waals surface area (Å²) in [5.41, 5.74) is 7.51. The minimum Gasteiger partial charge on any atom is -0.387 e. The van der Waals surface area contributed by atoms with Crippen LogP contribution in [-0.2, 0) is 4.79 Å². The summed E-state index contributed by atoms with van der Waals surface area (Å²) in [6.45, 7) is 5.72. The summed E-state index contributed by atoms with van der Waals surface area (Å²) in [4.78, 5) is 11.7. The Bertz CT molecular complexity index is 405. The van der Waals surface area contributed by atoms with Crippen LogP contribution in [0.5, 0.6) is 0 Å². The Balaban J connectivity index is 2.54. The van der Waals surface area contributed by atoms with Crippen molar-refractivity contribution in [1.82, 2.24) is 5.32 Å². The van der Waals surface area contributed by atoms with E-state index in [0.29, 0.717) is 0 Å². The van der Waals surface area contributed by atoms with Crippen molar-refractivity contribution < 1.29 is 9.90 Å². The summed E-state index contributed by atoms with van der Waals surface area (Å²) in [6, 6.07) is 7.40. The van der Waals surface area contributed by atoms with Crippen LogP contribution in [0.2, 0.25) is 0 Å². The quantitative estimate of drug-likeness (QED) is 0.733. The number of carbonyl (C=O) groups is 1. The van der Waals surface area contributed by atoms with Gasteiger partial charge in [-0.05, 0) is 25.0 Å². The molecule has 100 valence electrons. The maximum atomic E-state index is 11.7. The number of aliphatic hydroxyl groups is 1. The maximum absolute atomic E-state index is 11.7. The number of amides is 1. The lowest BCUT2D eigenvalue weighted by Crippen LogP contribution is -2.40. The summed E-state index contributed by atoms with van der Waals surface area (Å²) in [5, 5.41) is 12.7. The van der Waals surface area contributed by atoms with Gasteiger partial charge in [0.15, 0.2) is 0 Å². The van der Waals surface area contributed by atoms with Gasteiger partial charge < -0.3 is 16.2 Å². The van der Waals surface area contributed by atoms with Crippen molar-refractivity contribution in [3.05, 3.63) is 35.4 Å². The first-order valence-corrected chi connectivity index (χ1v) is 6.20. The standard InChI is InChI=1S/C14H22N2O2/c1-9-6-4-5-7-12(9)13(17)8-16-14(18)10(2)11(3)15/h4-7,10-11,13,17H,8,15H2,1-3H3,(H,16,18). The number of benzene rings is 1. The van der Waals surface area contributed by atoms with Gasteiger partial charge in [-0.3, -0.25) is 4.79 Å². The number of hydrogen-bond donors (Lipinski definition) is 3. The normalized spacial score (nSPS) is 15.8. The number of aliphatic hydroxyl groups excluding tert-OH is 1. The number of rotatable bonds is 5. The van der Waals surface area contributed by atoms with Crippen LogP contribution < -0.4 is 11.1 Å². The number of carbonyl (C=O) groups excluding carboxylic acids is 1. The highest BCUT2D eigenvalue weighted by Gasteiger charge is 2.18. The van der Waals surface area contributed by atoms with E-state index < -0.39 is 6.10 Å². The van der Waals surface area contributed by atoms with E-state index in [4.69, 9.17) is 5.73 Å². The Morgan fingerprint density at radius 2 is 2.00 bits per heavy atom. The molecule has 0 aromatic heterocycles. The molecule has 0 aliphatic carbocycles. The molecule has 4 N–H and O–H groups in total. The first kappa shape index (κ1) is 14.7. The second-order valence-corrected chi connectivity index (χ2v) is 4.77. The zero-order chi connectivity index (χ0) is 13.7. The van der Waals surface area contributed by atoms with Gasteiger partial charge in [-0.2, -0.15) is 0 Å². The summed E-state index contributed by atoms with van der Waals surface area (Å²) >= 11 is 0. The Hall–Kier alpha value is -1.39. The largest absolute Gasteiger partial charge is 0.387 e. The van der Waals surface area contributed by atoms with Gasteiger partial charge in [0.25, 0.3) is 0 Å². The second kappa shape index (κ2) is 6.52. The molecule has 0 spiro atoms. The molecule has 1 aromatic carbocycles. The Morgan fingerprint density at radius 3 is 2.56 bits per heavy atom. The van der Waals surface area contributed by atoms with Crippen LogP contribution in [0, 0.1) is 12.8 Å². The van der Waals surface area contributed by atoms with Crippen molar-refractivity contribution in [2.24, 2.45) is 11.7 Å². The molecule has 1 aromatic rings. The number of nitrogens with two attached hydrogens (primary N) is 1. The third-order valence-corrected chi connectivity index (χ3v) is 3.22. The van der Waals surface area contributed by atoms with Crippen LogP contribution in [0.25, 0.3) is 0 Å². The molecule has 0 aliphatic rings. The number of hydrogen-bond acceptors (Lipinski definition) is 3. The van der Waals surface area contributed by atoms with E-state index >= 15 is 0 Å². The van der Waals surface area contributed by atoms with Gasteiger partial charge >= 0.3 is 0 Å². The summed E-state index contributed by atoms with van der Waals surface area (Å²) in [7, 11) is 0. The zero-order valence-corrected chi connectivity index (χ0v) is 11.2. The maximum Gasteiger partial charge on any atom is 0.224 e. The van der Waals surface area contributed by atoms with Crippen LogP contribution in [-0.4, -0.2) is 23.6 Å². The molecule has 1 amide bonds. The highest BCUT2D eigenvalue weighted by Crippen LogP contribution is 2.16. The summed E-state index contributed by atoms with van der Waals surface area (Å²) in [5.74, 6) is -0.383. The van der Waals surface area contributed by atoms with E-state index in [9.17, 15) is 9.90 Å². The molecule has 18 heavy (non-hydrogen) atoms. The minimum atomic E-state index is -0.685. The topological polar surface area (TPSA) is 75.3 Å². The summed E-state index contributed by atoms with van der Waals surface area (Å²) < 4.78 is 0. The number of aryl methyl sites for hydroxylation is 1. The summed E-state index contributed by atoms with van der Waals surface area (Å²) in [6.07, 6.45) is -0.685. The molecule has 0 radical (unpaired) electrons.